The summed E-state index contributed by atoms with van der Waals surface area (Å²) < 4.78 is 52.3. The fraction of sp³-hybridized carbons (Fsp3) is 0.263. The van der Waals surface area contributed by atoms with Crippen LogP contribution in [0.15, 0.2) is 40.5 Å². The van der Waals surface area contributed by atoms with Gasteiger partial charge in [-0.15, -0.1) is 11.3 Å². The second-order valence-electron chi connectivity index (χ2n) is 6.62. The molecule has 1 aliphatic rings. The number of halogens is 4. The third kappa shape index (κ3) is 3.85. The van der Waals surface area contributed by atoms with E-state index in [9.17, 15) is 22.4 Å². The van der Waals surface area contributed by atoms with E-state index in [1.165, 1.54) is 11.3 Å². The minimum Gasteiger partial charge on any atom is -0.306 e. The van der Waals surface area contributed by atoms with Crippen molar-refractivity contribution in [3.8, 4) is 10.7 Å². The van der Waals surface area contributed by atoms with Crippen molar-refractivity contribution in [3.63, 3.8) is 0 Å². The van der Waals surface area contributed by atoms with E-state index in [1.54, 1.807) is 0 Å². The molecule has 28 heavy (non-hydrogen) atoms. The van der Waals surface area contributed by atoms with E-state index in [2.05, 4.69) is 9.97 Å². The predicted octanol–water partition coefficient (Wildman–Crippen LogP) is 4.21. The molecule has 3 aromatic rings. The quantitative estimate of drug-likeness (QED) is 0.660. The van der Waals surface area contributed by atoms with Gasteiger partial charge in [0.2, 0.25) is 0 Å². The standard InChI is InChI=1S/C19H15F4N3OS/c20-13-7-11(6-12(8-13)19(21,22)23)9-26-4-3-15-14(10-26)18(27)25-17(24-15)16-2-1-5-28-16/h1-2,5-8H,3-4,9-10H2,(H,24,25,27). The Labute approximate surface area is 161 Å². The summed E-state index contributed by atoms with van der Waals surface area (Å²) in [7, 11) is 0. The lowest BCUT2D eigenvalue weighted by Crippen LogP contribution is -2.35. The molecule has 0 bridgehead atoms. The molecule has 0 amide bonds. The van der Waals surface area contributed by atoms with Crippen molar-refractivity contribution in [3.05, 3.63) is 74.3 Å². The number of aromatic nitrogens is 2. The molecule has 0 saturated heterocycles. The Balaban J connectivity index is 1.57. The van der Waals surface area contributed by atoms with Gasteiger partial charge >= 0.3 is 6.18 Å². The first-order chi connectivity index (χ1) is 13.3. The molecular formula is C19H15F4N3OS. The molecule has 0 saturated carbocycles. The third-order valence-corrected chi connectivity index (χ3v) is 5.47. The Hall–Kier alpha value is -2.52. The number of hydrogen-bond acceptors (Lipinski definition) is 4. The highest BCUT2D eigenvalue weighted by molar-refractivity contribution is 7.13. The zero-order valence-corrected chi connectivity index (χ0v) is 15.3. The van der Waals surface area contributed by atoms with Crippen LogP contribution < -0.4 is 5.56 Å². The lowest BCUT2D eigenvalue weighted by atomic mass is 10.0. The zero-order chi connectivity index (χ0) is 19.9. The van der Waals surface area contributed by atoms with E-state index in [0.29, 0.717) is 36.1 Å². The van der Waals surface area contributed by atoms with E-state index < -0.39 is 17.6 Å². The van der Waals surface area contributed by atoms with E-state index in [-0.39, 0.29) is 24.2 Å². The van der Waals surface area contributed by atoms with Crippen molar-refractivity contribution in [1.29, 1.82) is 0 Å². The van der Waals surface area contributed by atoms with Gasteiger partial charge < -0.3 is 4.98 Å². The van der Waals surface area contributed by atoms with Crippen LogP contribution in [0, 0.1) is 5.82 Å². The molecule has 1 aromatic carbocycles. The van der Waals surface area contributed by atoms with Crippen molar-refractivity contribution < 1.29 is 17.6 Å². The normalized spacial score (nSPS) is 14.9. The summed E-state index contributed by atoms with van der Waals surface area (Å²) in [5.41, 5.74) is 0.140. The molecule has 9 heteroatoms. The van der Waals surface area contributed by atoms with Crippen molar-refractivity contribution in [1.82, 2.24) is 14.9 Å². The van der Waals surface area contributed by atoms with Gasteiger partial charge in [0.05, 0.1) is 21.7 Å². The Kier molecular flexibility index (Phi) is 4.80. The van der Waals surface area contributed by atoms with E-state index in [1.807, 2.05) is 22.4 Å². The van der Waals surface area contributed by atoms with E-state index in [4.69, 9.17) is 0 Å². The number of rotatable bonds is 3. The van der Waals surface area contributed by atoms with Gasteiger partial charge in [0.15, 0.2) is 5.82 Å². The number of fused-ring (bicyclic) bond motifs is 1. The highest BCUT2D eigenvalue weighted by Crippen LogP contribution is 2.31. The number of nitrogens with one attached hydrogen (secondary N) is 1. The molecule has 0 radical (unpaired) electrons. The number of hydrogen-bond donors (Lipinski definition) is 1. The largest absolute Gasteiger partial charge is 0.416 e. The molecule has 0 atom stereocenters. The van der Waals surface area contributed by atoms with Crippen LogP contribution in [-0.2, 0) is 25.7 Å². The molecule has 1 aliphatic heterocycles. The van der Waals surface area contributed by atoms with Gasteiger partial charge in [-0.3, -0.25) is 9.69 Å². The zero-order valence-electron chi connectivity index (χ0n) is 14.5. The lowest BCUT2D eigenvalue weighted by Gasteiger charge is -2.28. The van der Waals surface area contributed by atoms with E-state index in [0.717, 1.165) is 17.0 Å². The van der Waals surface area contributed by atoms with Gasteiger partial charge in [0.1, 0.15) is 5.82 Å². The number of aromatic amines is 1. The monoisotopic (exact) mass is 409 g/mol. The second-order valence-corrected chi connectivity index (χ2v) is 7.57. The first-order valence-electron chi connectivity index (χ1n) is 8.54. The van der Waals surface area contributed by atoms with Gasteiger partial charge in [-0.2, -0.15) is 13.2 Å². The topological polar surface area (TPSA) is 49.0 Å². The van der Waals surface area contributed by atoms with Crippen LogP contribution in [-0.4, -0.2) is 21.4 Å². The fourth-order valence-corrected chi connectivity index (χ4v) is 3.98. The van der Waals surface area contributed by atoms with Crippen LogP contribution in [0.1, 0.15) is 22.4 Å². The minimum absolute atomic E-state index is 0.117. The van der Waals surface area contributed by atoms with Crippen LogP contribution in [0.4, 0.5) is 17.6 Å². The summed E-state index contributed by atoms with van der Waals surface area (Å²) in [5, 5.41) is 1.89. The van der Waals surface area contributed by atoms with Crippen molar-refractivity contribution in [2.75, 3.05) is 6.54 Å². The molecule has 0 fully saturated rings. The highest BCUT2D eigenvalue weighted by Gasteiger charge is 2.31. The van der Waals surface area contributed by atoms with Gasteiger partial charge in [0, 0.05) is 26.1 Å². The molecule has 146 valence electrons. The first-order valence-corrected chi connectivity index (χ1v) is 9.42. The molecule has 3 heterocycles. The van der Waals surface area contributed by atoms with Gasteiger partial charge in [-0.1, -0.05) is 6.07 Å². The number of H-pyrrole nitrogens is 1. The maximum absolute atomic E-state index is 13.6. The van der Waals surface area contributed by atoms with Gasteiger partial charge in [-0.25, -0.2) is 9.37 Å². The van der Waals surface area contributed by atoms with E-state index >= 15 is 0 Å². The molecule has 1 N–H and O–H groups in total. The van der Waals surface area contributed by atoms with Crippen LogP contribution in [0.2, 0.25) is 0 Å². The molecular weight excluding hydrogens is 394 g/mol. The Bertz CT molecular complexity index is 1060. The van der Waals surface area contributed by atoms with Gasteiger partial charge in [0.25, 0.3) is 5.56 Å². The maximum atomic E-state index is 13.6. The number of thiophene rings is 1. The molecule has 0 spiro atoms. The van der Waals surface area contributed by atoms with Crippen LogP contribution in [0.3, 0.4) is 0 Å². The average molecular weight is 409 g/mol. The predicted molar refractivity (Wildman–Crippen MR) is 97.4 cm³/mol. The minimum atomic E-state index is -4.61. The first kappa shape index (κ1) is 18.8. The van der Waals surface area contributed by atoms with Gasteiger partial charge in [-0.05, 0) is 35.2 Å². The summed E-state index contributed by atoms with van der Waals surface area (Å²) >= 11 is 1.47. The fourth-order valence-electron chi connectivity index (χ4n) is 3.31. The third-order valence-electron chi connectivity index (χ3n) is 4.59. The Morgan fingerprint density at radius 1 is 1.25 bits per heavy atom. The van der Waals surface area contributed by atoms with Crippen LogP contribution >= 0.6 is 11.3 Å². The molecule has 0 aliphatic carbocycles. The smallest absolute Gasteiger partial charge is 0.306 e. The summed E-state index contributed by atoms with van der Waals surface area (Å²) in [4.78, 5) is 22.5. The average Bonchev–Trinajstić information content (AvgIpc) is 3.15. The SMILES string of the molecule is O=c1[nH]c(-c2cccs2)nc2c1CN(Cc1cc(F)cc(C(F)(F)F)c1)CC2. The number of benzene rings is 1. The summed E-state index contributed by atoms with van der Waals surface area (Å²) in [5.74, 6) is -0.408. The molecule has 4 rings (SSSR count). The number of nitrogens with zero attached hydrogens (tertiary/aromatic N) is 2. The van der Waals surface area contributed by atoms with Crippen molar-refractivity contribution in [2.45, 2.75) is 25.7 Å². The molecule has 4 nitrogen and oxygen atoms in total. The molecule has 0 unspecified atom stereocenters. The maximum Gasteiger partial charge on any atom is 0.416 e. The summed E-state index contributed by atoms with van der Waals surface area (Å²) in [6.07, 6.45) is -4.11. The summed E-state index contributed by atoms with van der Waals surface area (Å²) in [6.45, 7) is 0.887. The molecule has 2 aromatic heterocycles. The Morgan fingerprint density at radius 3 is 2.79 bits per heavy atom. The second kappa shape index (κ2) is 7.14. The summed E-state index contributed by atoms with van der Waals surface area (Å²) in [6, 6.07) is 6.26. The van der Waals surface area contributed by atoms with Crippen molar-refractivity contribution >= 4 is 11.3 Å². The highest BCUT2D eigenvalue weighted by atomic mass is 32.1. The van der Waals surface area contributed by atoms with Crippen molar-refractivity contribution in [2.24, 2.45) is 0 Å². The number of alkyl halides is 3. The van der Waals surface area contributed by atoms with Crippen LogP contribution in [0.5, 0.6) is 0 Å². The lowest BCUT2D eigenvalue weighted by molar-refractivity contribution is -0.137. The van der Waals surface area contributed by atoms with Crippen LogP contribution in [0.25, 0.3) is 10.7 Å². The Morgan fingerprint density at radius 2 is 2.07 bits per heavy atom.